The van der Waals surface area contributed by atoms with Crippen molar-refractivity contribution in [2.75, 3.05) is 12.9 Å². The van der Waals surface area contributed by atoms with E-state index in [4.69, 9.17) is 4.74 Å². The summed E-state index contributed by atoms with van der Waals surface area (Å²) in [6.07, 6.45) is 0. The smallest absolute Gasteiger partial charge is 0.272 e. The van der Waals surface area contributed by atoms with Gasteiger partial charge in [0.25, 0.3) is 5.91 Å². The van der Waals surface area contributed by atoms with Gasteiger partial charge in [0.1, 0.15) is 11.6 Å². The first-order chi connectivity index (χ1) is 17.0. The van der Waals surface area contributed by atoms with Gasteiger partial charge >= 0.3 is 0 Å². The first-order valence-electron chi connectivity index (χ1n) is 10.6. The number of nitrogens with zero attached hydrogens (tertiary/aromatic N) is 3. The van der Waals surface area contributed by atoms with E-state index in [1.165, 1.54) is 24.3 Å². The standard InChI is InChI=1S/C25H22FN5O3S/c1-16-11-13-17(14-12-16)31-23(19-8-4-6-10-21(19)34-2)28-30-25(31)35-15-22(32)27-29-24(33)18-7-3-5-9-20(18)26/h3-14H,15H2,1-2H3,(H,27,32)(H,29,33). The molecular weight excluding hydrogens is 469 g/mol. The van der Waals surface area contributed by atoms with E-state index in [-0.39, 0.29) is 11.3 Å². The van der Waals surface area contributed by atoms with Gasteiger partial charge in [0.05, 0.1) is 24.0 Å². The van der Waals surface area contributed by atoms with Crippen LogP contribution in [0, 0.1) is 12.7 Å². The summed E-state index contributed by atoms with van der Waals surface area (Å²) >= 11 is 1.14. The Balaban J connectivity index is 1.53. The number of benzene rings is 3. The summed E-state index contributed by atoms with van der Waals surface area (Å²) in [5.41, 5.74) is 7.02. The molecule has 8 nitrogen and oxygen atoms in total. The number of methoxy groups -OCH3 is 1. The molecule has 1 aromatic heterocycles. The van der Waals surface area contributed by atoms with Crippen molar-refractivity contribution in [1.29, 1.82) is 0 Å². The number of amides is 2. The summed E-state index contributed by atoms with van der Waals surface area (Å²) in [4.78, 5) is 24.5. The molecule has 35 heavy (non-hydrogen) atoms. The average Bonchev–Trinajstić information content (AvgIpc) is 3.30. The van der Waals surface area contributed by atoms with Crippen molar-refractivity contribution < 1.29 is 18.7 Å². The van der Waals surface area contributed by atoms with Gasteiger partial charge in [0, 0.05) is 5.69 Å². The normalized spacial score (nSPS) is 10.6. The number of aryl methyl sites for hydroxylation is 1. The lowest BCUT2D eigenvalue weighted by atomic mass is 10.1. The van der Waals surface area contributed by atoms with Gasteiger partial charge in [-0.05, 0) is 43.3 Å². The molecule has 0 aliphatic carbocycles. The fourth-order valence-electron chi connectivity index (χ4n) is 3.30. The Kier molecular flexibility index (Phi) is 7.41. The Morgan fingerprint density at radius 1 is 0.971 bits per heavy atom. The van der Waals surface area contributed by atoms with Crippen molar-refractivity contribution in [3.8, 4) is 22.8 Å². The number of aromatic nitrogens is 3. The number of hydrazine groups is 1. The largest absolute Gasteiger partial charge is 0.496 e. The number of hydrogen-bond donors (Lipinski definition) is 2. The molecule has 0 unspecified atom stereocenters. The quantitative estimate of drug-likeness (QED) is 0.300. The number of para-hydroxylation sites is 1. The zero-order valence-electron chi connectivity index (χ0n) is 19.0. The summed E-state index contributed by atoms with van der Waals surface area (Å²) in [5, 5.41) is 9.14. The molecular formula is C25H22FN5O3S. The molecule has 4 aromatic rings. The topological polar surface area (TPSA) is 98.1 Å². The van der Waals surface area contributed by atoms with Crippen LogP contribution in [0.3, 0.4) is 0 Å². The van der Waals surface area contributed by atoms with Crippen molar-refractivity contribution in [2.24, 2.45) is 0 Å². The number of carbonyl (C=O) groups is 2. The zero-order valence-corrected chi connectivity index (χ0v) is 19.8. The maximum Gasteiger partial charge on any atom is 0.272 e. The third-order valence-corrected chi connectivity index (χ3v) is 5.97. The van der Waals surface area contributed by atoms with E-state index in [1.54, 1.807) is 7.11 Å². The fourth-order valence-corrected chi connectivity index (χ4v) is 4.05. The molecule has 0 saturated carbocycles. The Morgan fingerprint density at radius 2 is 1.69 bits per heavy atom. The van der Waals surface area contributed by atoms with Gasteiger partial charge in [0.15, 0.2) is 11.0 Å². The Labute approximate surface area is 205 Å². The van der Waals surface area contributed by atoms with Crippen LogP contribution in [0.1, 0.15) is 15.9 Å². The molecule has 3 aromatic carbocycles. The van der Waals surface area contributed by atoms with E-state index in [9.17, 15) is 14.0 Å². The molecule has 1 heterocycles. The monoisotopic (exact) mass is 491 g/mol. The second kappa shape index (κ2) is 10.8. The maximum atomic E-state index is 13.8. The molecule has 4 rings (SSSR count). The fraction of sp³-hybridized carbons (Fsp3) is 0.120. The van der Waals surface area contributed by atoms with Crippen LogP contribution in [0.2, 0.25) is 0 Å². The summed E-state index contributed by atoms with van der Waals surface area (Å²) in [6, 6.07) is 20.8. The number of rotatable bonds is 7. The lowest BCUT2D eigenvalue weighted by Crippen LogP contribution is -2.42. The summed E-state index contributed by atoms with van der Waals surface area (Å²) < 4.78 is 21.1. The van der Waals surface area contributed by atoms with Crippen LogP contribution in [0.4, 0.5) is 4.39 Å². The van der Waals surface area contributed by atoms with Crippen molar-refractivity contribution in [3.05, 3.63) is 89.7 Å². The third kappa shape index (κ3) is 5.49. The summed E-state index contributed by atoms with van der Waals surface area (Å²) in [5.74, 6) is -0.781. The molecule has 0 aliphatic heterocycles. The molecule has 178 valence electrons. The number of ether oxygens (including phenoxy) is 1. The van der Waals surface area contributed by atoms with Gasteiger partial charge in [-0.3, -0.25) is 25.0 Å². The minimum absolute atomic E-state index is 0.0620. The van der Waals surface area contributed by atoms with E-state index in [2.05, 4.69) is 21.0 Å². The summed E-state index contributed by atoms with van der Waals surface area (Å²) in [7, 11) is 1.58. The molecule has 0 aliphatic rings. The molecule has 0 spiro atoms. The van der Waals surface area contributed by atoms with Crippen LogP contribution in [0.25, 0.3) is 17.1 Å². The Morgan fingerprint density at radius 3 is 2.43 bits per heavy atom. The van der Waals surface area contributed by atoms with Gasteiger partial charge in [-0.1, -0.05) is 53.7 Å². The first kappa shape index (κ1) is 24.0. The minimum atomic E-state index is -0.747. The van der Waals surface area contributed by atoms with Crippen LogP contribution in [0.15, 0.2) is 78.0 Å². The van der Waals surface area contributed by atoms with E-state index in [0.717, 1.165) is 28.6 Å². The van der Waals surface area contributed by atoms with Gasteiger partial charge in [0.2, 0.25) is 5.91 Å². The minimum Gasteiger partial charge on any atom is -0.496 e. The molecule has 2 amide bonds. The van der Waals surface area contributed by atoms with Gasteiger partial charge in [-0.25, -0.2) is 4.39 Å². The van der Waals surface area contributed by atoms with Crippen LogP contribution in [-0.4, -0.2) is 39.4 Å². The van der Waals surface area contributed by atoms with E-state index in [1.807, 2.05) is 60.0 Å². The van der Waals surface area contributed by atoms with Crippen LogP contribution in [0.5, 0.6) is 5.75 Å². The van der Waals surface area contributed by atoms with Crippen molar-refractivity contribution >= 4 is 23.6 Å². The van der Waals surface area contributed by atoms with Crippen LogP contribution in [-0.2, 0) is 4.79 Å². The second-order valence-electron chi connectivity index (χ2n) is 7.45. The number of hydrogen-bond acceptors (Lipinski definition) is 6. The second-order valence-corrected chi connectivity index (χ2v) is 8.39. The molecule has 0 fully saturated rings. The molecule has 10 heteroatoms. The van der Waals surface area contributed by atoms with E-state index in [0.29, 0.717) is 16.7 Å². The van der Waals surface area contributed by atoms with Crippen LogP contribution < -0.4 is 15.6 Å². The van der Waals surface area contributed by atoms with Crippen molar-refractivity contribution in [1.82, 2.24) is 25.6 Å². The predicted octanol–water partition coefficient (Wildman–Crippen LogP) is 3.94. The molecule has 0 bridgehead atoms. The lowest BCUT2D eigenvalue weighted by molar-refractivity contribution is -0.119. The Bertz CT molecular complexity index is 1360. The number of thioether (sulfide) groups is 1. The molecule has 0 saturated heterocycles. The van der Waals surface area contributed by atoms with Gasteiger partial charge in [-0.2, -0.15) is 0 Å². The van der Waals surface area contributed by atoms with Crippen molar-refractivity contribution in [3.63, 3.8) is 0 Å². The molecule has 2 N–H and O–H groups in total. The number of halogens is 1. The highest BCUT2D eigenvalue weighted by Crippen LogP contribution is 2.33. The predicted molar refractivity (Wildman–Crippen MR) is 131 cm³/mol. The third-order valence-electron chi connectivity index (χ3n) is 5.04. The molecule has 0 radical (unpaired) electrons. The molecule has 0 atom stereocenters. The highest BCUT2D eigenvalue weighted by molar-refractivity contribution is 7.99. The number of carbonyl (C=O) groups excluding carboxylic acids is 2. The van der Waals surface area contributed by atoms with Gasteiger partial charge in [-0.15, -0.1) is 10.2 Å². The average molecular weight is 492 g/mol. The highest BCUT2D eigenvalue weighted by atomic mass is 32.2. The van der Waals surface area contributed by atoms with Crippen molar-refractivity contribution in [2.45, 2.75) is 12.1 Å². The number of nitrogens with one attached hydrogen (secondary N) is 2. The SMILES string of the molecule is COc1ccccc1-c1nnc(SCC(=O)NNC(=O)c2ccccc2F)n1-c1ccc(C)cc1. The zero-order chi connectivity index (χ0) is 24.8. The Hall–Kier alpha value is -4.18. The van der Waals surface area contributed by atoms with Crippen LogP contribution >= 0.6 is 11.8 Å². The maximum absolute atomic E-state index is 13.8. The van der Waals surface area contributed by atoms with E-state index >= 15 is 0 Å². The van der Waals surface area contributed by atoms with Gasteiger partial charge < -0.3 is 4.74 Å². The lowest BCUT2D eigenvalue weighted by Gasteiger charge is -2.13. The van der Waals surface area contributed by atoms with E-state index < -0.39 is 17.6 Å². The highest BCUT2D eigenvalue weighted by Gasteiger charge is 2.20. The first-order valence-corrected chi connectivity index (χ1v) is 11.6. The summed E-state index contributed by atoms with van der Waals surface area (Å²) in [6.45, 7) is 1.99.